The first-order valence-electron chi connectivity index (χ1n) is 3.33. The Bertz CT molecular complexity index is 384. The Kier molecular flexibility index (Phi) is 2.83. The van der Waals surface area contributed by atoms with E-state index < -0.39 is 5.24 Å². The van der Waals surface area contributed by atoms with Gasteiger partial charge in [0.05, 0.1) is 12.7 Å². The average molecular weight is 197 g/mol. The summed E-state index contributed by atoms with van der Waals surface area (Å²) in [5, 5.41) is 7.98. The van der Waals surface area contributed by atoms with Crippen LogP contribution < -0.4 is 4.74 Å². The normalized spacial score (nSPS) is 9.00. The molecule has 66 valence electrons. The van der Waals surface area contributed by atoms with Crippen molar-refractivity contribution >= 4 is 16.8 Å². The van der Waals surface area contributed by atoms with Crippen LogP contribution in [0.2, 0.25) is 0 Å². The van der Waals surface area contributed by atoms with Crippen molar-refractivity contribution in [3.05, 3.63) is 23.4 Å². The highest BCUT2D eigenvalue weighted by Crippen LogP contribution is 2.15. The van der Waals surface area contributed by atoms with Crippen molar-refractivity contribution in [2.45, 2.75) is 0 Å². The molecule has 0 fully saturated rings. The molecule has 0 aromatic carbocycles. The van der Waals surface area contributed by atoms with Crippen LogP contribution in [0.5, 0.6) is 5.88 Å². The number of hydrogen-bond donors (Lipinski definition) is 0. The van der Waals surface area contributed by atoms with Gasteiger partial charge in [0.2, 0.25) is 5.88 Å². The first-order valence-corrected chi connectivity index (χ1v) is 3.70. The van der Waals surface area contributed by atoms with E-state index in [2.05, 4.69) is 4.98 Å². The monoisotopic (exact) mass is 196 g/mol. The number of rotatable bonds is 2. The Morgan fingerprint density at radius 1 is 1.77 bits per heavy atom. The molecule has 0 aliphatic rings. The maximum atomic E-state index is 10.7. The molecule has 1 aromatic rings. The van der Waals surface area contributed by atoms with E-state index in [1.54, 1.807) is 0 Å². The third-order valence-corrected chi connectivity index (χ3v) is 1.61. The van der Waals surface area contributed by atoms with Gasteiger partial charge >= 0.3 is 0 Å². The molecule has 0 aliphatic carbocycles. The van der Waals surface area contributed by atoms with Gasteiger partial charge in [-0.1, -0.05) is 0 Å². The van der Waals surface area contributed by atoms with Gasteiger partial charge in [-0.3, -0.25) is 4.79 Å². The number of nitriles is 1. The van der Waals surface area contributed by atoms with Crippen LogP contribution in [-0.4, -0.2) is 17.3 Å². The highest BCUT2D eigenvalue weighted by atomic mass is 35.5. The Morgan fingerprint density at radius 3 is 2.92 bits per heavy atom. The lowest BCUT2D eigenvalue weighted by molar-refractivity contribution is 0.108. The second-order valence-electron chi connectivity index (χ2n) is 2.17. The van der Waals surface area contributed by atoms with E-state index in [0.717, 1.165) is 0 Å². The van der Waals surface area contributed by atoms with E-state index in [-0.39, 0.29) is 17.0 Å². The minimum absolute atomic E-state index is 0.180. The van der Waals surface area contributed by atoms with Gasteiger partial charge in [-0.25, -0.2) is 4.98 Å². The second kappa shape index (κ2) is 3.87. The standard InChI is InChI=1S/C8H5ClN2O2/c1-13-8-5(3-10)2-6(4-11-8)7(9)12/h2,4H,1H3. The highest BCUT2D eigenvalue weighted by Gasteiger charge is 2.08. The van der Waals surface area contributed by atoms with E-state index >= 15 is 0 Å². The number of hydrogen-bond acceptors (Lipinski definition) is 4. The smallest absolute Gasteiger partial charge is 0.253 e. The summed E-state index contributed by atoms with van der Waals surface area (Å²) in [6.07, 6.45) is 1.26. The molecule has 0 unspecified atom stereocenters. The van der Waals surface area contributed by atoms with E-state index in [1.807, 2.05) is 6.07 Å². The molecule has 0 amide bonds. The van der Waals surface area contributed by atoms with Crippen LogP contribution in [0, 0.1) is 11.3 Å². The van der Waals surface area contributed by atoms with Crippen molar-refractivity contribution < 1.29 is 9.53 Å². The summed E-state index contributed by atoms with van der Waals surface area (Å²) < 4.78 is 4.78. The summed E-state index contributed by atoms with van der Waals surface area (Å²) in [4.78, 5) is 14.4. The van der Waals surface area contributed by atoms with E-state index in [1.165, 1.54) is 19.4 Å². The van der Waals surface area contributed by atoms with Gasteiger partial charge < -0.3 is 4.74 Å². The van der Waals surface area contributed by atoms with Crippen LogP contribution in [0.15, 0.2) is 12.3 Å². The number of carbonyl (C=O) groups excluding carboxylic acids is 1. The molecule has 0 radical (unpaired) electrons. The number of aromatic nitrogens is 1. The van der Waals surface area contributed by atoms with Crippen molar-refractivity contribution in [1.82, 2.24) is 4.98 Å². The van der Waals surface area contributed by atoms with Gasteiger partial charge in [-0.2, -0.15) is 5.26 Å². The zero-order valence-corrected chi connectivity index (χ0v) is 7.50. The fraction of sp³-hybridized carbons (Fsp3) is 0.125. The molecule has 4 nitrogen and oxygen atoms in total. The maximum Gasteiger partial charge on any atom is 0.253 e. The van der Waals surface area contributed by atoms with E-state index in [4.69, 9.17) is 21.6 Å². The molecule has 0 saturated carbocycles. The van der Waals surface area contributed by atoms with Crippen molar-refractivity contribution in [1.29, 1.82) is 5.26 Å². The summed E-state index contributed by atoms with van der Waals surface area (Å²) in [5.74, 6) is 0.184. The van der Waals surface area contributed by atoms with Gasteiger partial charge in [0.15, 0.2) is 0 Å². The number of pyridine rings is 1. The zero-order valence-electron chi connectivity index (χ0n) is 6.74. The summed E-state index contributed by atoms with van der Waals surface area (Å²) in [6, 6.07) is 3.18. The minimum atomic E-state index is -0.647. The number of ether oxygens (including phenoxy) is 1. The van der Waals surface area contributed by atoms with Crippen LogP contribution in [0.3, 0.4) is 0 Å². The predicted octanol–water partition coefficient (Wildman–Crippen LogP) is 1.34. The molecule has 1 aromatic heterocycles. The molecule has 0 aliphatic heterocycles. The Hall–Kier alpha value is -1.60. The average Bonchev–Trinajstić information content (AvgIpc) is 2.16. The van der Waals surface area contributed by atoms with Gasteiger partial charge in [-0.05, 0) is 17.7 Å². The fourth-order valence-corrected chi connectivity index (χ4v) is 0.906. The summed E-state index contributed by atoms with van der Waals surface area (Å²) in [6.45, 7) is 0. The molecule has 0 bridgehead atoms. The fourth-order valence-electron chi connectivity index (χ4n) is 0.802. The first-order chi connectivity index (χ1) is 6.19. The van der Waals surface area contributed by atoms with Crippen LogP contribution in [0.25, 0.3) is 0 Å². The van der Waals surface area contributed by atoms with Crippen LogP contribution in [0.1, 0.15) is 15.9 Å². The lowest BCUT2D eigenvalue weighted by Gasteiger charge is -2.00. The molecule has 1 heterocycles. The Morgan fingerprint density at radius 2 is 2.46 bits per heavy atom. The van der Waals surface area contributed by atoms with Crippen molar-refractivity contribution in [3.8, 4) is 11.9 Å². The Labute approximate surface area is 79.7 Å². The van der Waals surface area contributed by atoms with Gasteiger partial charge in [0.25, 0.3) is 5.24 Å². The molecule has 0 saturated heterocycles. The molecule has 5 heteroatoms. The molecular weight excluding hydrogens is 192 g/mol. The van der Waals surface area contributed by atoms with Gasteiger partial charge in [0.1, 0.15) is 11.6 Å². The number of carbonyl (C=O) groups is 1. The quantitative estimate of drug-likeness (QED) is 0.670. The van der Waals surface area contributed by atoms with Crippen LogP contribution in [0.4, 0.5) is 0 Å². The van der Waals surface area contributed by atoms with Gasteiger partial charge in [-0.15, -0.1) is 0 Å². The summed E-state index contributed by atoms with van der Waals surface area (Å²) in [7, 11) is 1.39. The molecule has 0 atom stereocenters. The van der Waals surface area contributed by atoms with Crippen molar-refractivity contribution in [2.75, 3.05) is 7.11 Å². The minimum Gasteiger partial charge on any atom is -0.480 e. The Balaban J connectivity index is 3.23. The molecule has 1 rings (SSSR count). The molecule has 13 heavy (non-hydrogen) atoms. The molecule has 0 N–H and O–H groups in total. The third kappa shape index (κ3) is 1.95. The van der Waals surface area contributed by atoms with E-state index in [9.17, 15) is 4.79 Å². The van der Waals surface area contributed by atoms with E-state index in [0.29, 0.717) is 0 Å². The SMILES string of the molecule is COc1ncc(C(=O)Cl)cc1C#N. The van der Waals surface area contributed by atoms with Crippen LogP contribution >= 0.6 is 11.6 Å². The predicted molar refractivity (Wildman–Crippen MR) is 45.7 cm³/mol. The highest BCUT2D eigenvalue weighted by molar-refractivity contribution is 6.67. The lowest BCUT2D eigenvalue weighted by atomic mass is 10.2. The third-order valence-electron chi connectivity index (χ3n) is 1.39. The van der Waals surface area contributed by atoms with Crippen molar-refractivity contribution in [3.63, 3.8) is 0 Å². The molecular formula is C8H5ClN2O2. The summed E-state index contributed by atoms with van der Waals surface area (Å²) in [5.41, 5.74) is 0.369. The number of methoxy groups -OCH3 is 1. The van der Waals surface area contributed by atoms with Gasteiger partial charge in [0, 0.05) is 6.20 Å². The topological polar surface area (TPSA) is 63.0 Å². The summed E-state index contributed by atoms with van der Waals surface area (Å²) >= 11 is 5.20. The zero-order chi connectivity index (χ0) is 9.84. The number of nitrogens with zero attached hydrogens (tertiary/aromatic N) is 2. The number of halogens is 1. The second-order valence-corrected chi connectivity index (χ2v) is 2.51. The lowest BCUT2D eigenvalue weighted by Crippen LogP contribution is -1.96. The van der Waals surface area contributed by atoms with Crippen LogP contribution in [-0.2, 0) is 0 Å². The van der Waals surface area contributed by atoms with Crippen molar-refractivity contribution in [2.24, 2.45) is 0 Å². The first kappa shape index (κ1) is 9.49. The largest absolute Gasteiger partial charge is 0.480 e. The molecule has 0 spiro atoms. The maximum absolute atomic E-state index is 10.7.